The van der Waals surface area contributed by atoms with Gasteiger partial charge in [0.2, 0.25) is 0 Å². The number of hydrogen-bond donors (Lipinski definition) is 5. The Morgan fingerprint density at radius 2 is 0.889 bits per heavy atom. The minimum Gasteiger partial charge on any atom is -0.508 e. The number of rotatable bonds is 6. The molecule has 0 saturated carbocycles. The molecular formula is C31H26O5. The molecule has 0 radical (unpaired) electrons. The monoisotopic (exact) mass is 478 g/mol. The Morgan fingerprint density at radius 3 is 1.39 bits per heavy atom. The van der Waals surface area contributed by atoms with Gasteiger partial charge >= 0.3 is 0 Å². The predicted molar refractivity (Wildman–Crippen MR) is 140 cm³/mol. The Bertz CT molecular complexity index is 1520. The summed E-state index contributed by atoms with van der Waals surface area (Å²) in [5, 5.41) is 52.8. The fourth-order valence-corrected chi connectivity index (χ4v) is 4.64. The molecule has 36 heavy (non-hydrogen) atoms. The Kier molecular flexibility index (Phi) is 6.13. The maximum Gasteiger partial charge on any atom is 0.127 e. The summed E-state index contributed by atoms with van der Waals surface area (Å²) < 4.78 is 0. The molecule has 0 aliphatic carbocycles. The predicted octanol–water partition coefficient (Wildman–Crippen LogP) is 6.14. The van der Waals surface area contributed by atoms with Crippen LogP contribution in [0.2, 0.25) is 0 Å². The van der Waals surface area contributed by atoms with E-state index < -0.39 is 0 Å². The number of phenols is 5. The smallest absolute Gasteiger partial charge is 0.127 e. The molecule has 0 aromatic heterocycles. The van der Waals surface area contributed by atoms with Crippen molar-refractivity contribution in [1.82, 2.24) is 0 Å². The summed E-state index contributed by atoms with van der Waals surface area (Å²) in [7, 11) is 0. The summed E-state index contributed by atoms with van der Waals surface area (Å²) in [4.78, 5) is 0. The standard InChI is InChI=1S/C31H26O5/c32-24-7-1-19(2-8-24)15-22-18-23(16-20-3-9-25(33)10-4-20)31(36)30-27(22)13-14-29(35)28(30)17-21-5-11-26(34)12-6-21/h1-14,18,32-36H,15-17H2. The summed E-state index contributed by atoms with van der Waals surface area (Å²) in [6.07, 6.45) is 1.39. The molecule has 0 atom stereocenters. The molecule has 0 spiro atoms. The van der Waals surface area contributed by atoms with Crippen LogP contribution in [0.3, 0.4) is 0 Å². The summed E-state index contributed by atoms with van der Waals surface area (Å²) in [5.74, 6) is 0.732. The van der Waals surface area contributed by atoms with Gasteiger partial charge in [-0.15, -0.1) is 0 Å². The van der Waals surface area contributed by atoms with Crippen LogP contribution in [0, 0.1) is 0 Å². The highest BCUT2D eigenvalue weighted by Crippen LogP contribution is 2.40. The zero-order chi connectivity index (χ0) is 25.2. The lowest BCUT2D eigenvalue weighted by Crippen LogP contribution is -1.99. The lowest BCUT2D eigenvalue weighted by molar-refractivity contribution is 0.464. The molecule has 5 heteroatoms. The van der Waals surface area contributed by atoms with Gasteiger partial charge in [-0.3, -0.25) is 0 Å². The van der Waals surface area contributed by atoms with E-state index in [9.17, 15) is 25.5 Å². The highest BCUT2D eigenvalue weighted by atomic mass is 16.3. The third kappa shape index (κ3) is 4.77. The van der Waals surface area contributed by atoms with Crippen molar-refractivity contribution in [2.24, 2.45) is 0 Å². The average Bonchev–Trinajstić information content (AvgIpc) is 2.87. The van der Waals surface area contributed by atoms with E-state index in [1.54, 1.807) is 54.6 Å². The fraction of sp³-hybridized carbons (Fsp3) is 0.0968. The van der Waals surface area contributed by atoms with Crippen LogP contribution in [0.15, 0.2) is 91.0 Å². The largest absolute Gasteiger partial charge is 0.508 e. The maximum absolute atomic E-state index is 11.5. The number of phenolic OH excluding ortho intramolecular Hbond substituents is 5. The van der Waals surface area contributed by atoms with E-state index in [0.29, 0.717) is 35.8 Å². The van der Waals surface area contributed by atoms with Gasteiger partial charge in [0.25, 0.3) is 0 Å². The Hall–Kier alpha value is -4.64. The van der Waals surface area contributed by atoms with E-state index in [0.717, 1.165) is 27.6 Å². The van der Waals surface area contributed by atoms with Crippen LogP contribution in [0.4, 0.5) is 0 Å². The topological polar surface area (TPSA) is 101 Å². The van der Waals surface area contributed by atoms with Gasteiger partial charge in [0, 0.05) is 23.8 Å². The third-order valence-electron chi connectivity index (χ3n) is 6.50. The molecule has 0 amide bonds. The van der Waals surface area contributed by atoms with Gasteiger partial charge in [-0.1, -0.05) is 48.5 Å². The van der Waals surface area contributed by atoms with Crippen molar-refractivity contribution in [3.63, 3.8) is 0 Å². The Balaban J connectivity index is 1.68. The van der Waals surface area contributed by atoms with E-state index in [2.05, 4.69) is 0 Å². The zero-order valence-corrected chi connectivity index (χ0v) is 19.5. The van der Waals surface area contributed by atoms with Gasteiger partial charge in [-0.05, 0) is 82.1 Å². The first-order valence-electron chi connectivity index (χ1n) is 11.7. The molecule has 5 rings (SSSR count). The highest BCUT2D eigenvalue weighted by Gasteiger charge is 2.19. The number of hydrogen-bond acceptors (Lipinski definition) is 5. The molecule has 0 fully saturated rings. The van der Waals surface area contributed by atoms with Crippen LogP contribution >= 0.6 is 0 Å². The maximum atomic E-state index is 11.5. The average molecular weight is 479 g/mol. The van der Waals surface area contributed by atoms with Gasteiger partial charge in [0.15, 0.2) is 0 Å². The second-order valence-electron chi connectivity index (χ2n) is 9.06. The molecular weight excluding hydrogens is 452 g/mol. The first kappa shape index (κ1) is 23.1. The van der Waals surface area contributed by atoms with Crippen LogP contribution < -0.4 is 0 Å². The van der Waals surface area contributed by atoms with E-state index in [4.69, 9.17) is 0 Å². The van der Waals surface area contributed by atoms with Crippen molar-refractivity contribution in [2.45, 2.75) is 19.3 Å². The molecule has 0 bridgehead atoms. The Labute approximate surface area is 208 Å². The number of aromatic hydroxyl groups is 5. The molecule has 0 aliphatic heterocycles. The normalized spacial score (nSPS) is 11.1. The van der Waals surface area contributed by atoms with Crippen LogP contribution in [0.5, 0.6) is 28.7 Å². The van der Waals surface area contributed by atoms with Crippen molar-refractivity contribution < 1.29 is 25.5 Å². The van der Waals surface area contributed by atoms with Crippen molar-refractivity contribution >= 4 is 10.8 Å². The van der Waals surface area contributed by atoms with Crippen LogP contribution in [-0.4, -0.2) is 25.5 Å². The lowest BCUT2D eigenvalue weighted by Gasteiger charge is -2.18. The van der Waals surface area contributed by atoms with Crippen molar-refractivity contribution in [3.05, 3.63) is 124 Å². The number of benzene rings is 5. The van der Waals surface area contributed by atoms with Gasteiger partial charge in [0.1, 0.15) is 28.7 Å². The molecule has 180 valence electrons. The molecule has 5 aromatic carbocycles. The molecule has 5 N–H and O–H groups in total. The van der Waals surface area contributed by atoms with Crippen molar-refractivity contribution in [2.75, 3.05) is 0 Å². The minimum atomic E-state index is 0.0863. The first-order chi connectivity index (χ1) is 17.4. The van der Waals surface area contributed by atoms with Gasteiger partial charge in [0.05, 0.1) is 0 Å². The van der Waals surface area contributed by atoms with Crippen molar-refractivity contribution in [3.8, 4) is 28.7 Å². The molecule has 0 heterocycles. The first-order valence-corrected chi connectivity index (χ1v) is 11.7. The van der Waals surface area contributed by atoms with Gasteiger partial charge < -0.3 is 25.5 Å². The van der Waals surface area contributed by atoms with Gasteiger partial charge in [-0.2, -0.15) is 0 Å². The second-order valence-corrected chi connectivity index (χ2v) is 9.06. The Morgan fingerprint density at radius 1 is 0.444 bits per heavy atom. The minimum absolute atomic E-state index is 0.0863. The molecule has 0 saturated heterocycles. The fourth-order valence-electron chi connectivity index (χ4n) is 4.64. The van der Waals surface area contributed by atoms with Gasteiger partial charge in [-0.25, -0.2) is 0 Å². The quantitative estimate of drug-likeness (QED) is 0.202. The van der Waals surface area contributed by atoms with Crippen LogP contribution in [-0.2, 0) is 19.3 Å². The molecule has 0 aliphatic rings. The summed E-state index contributed by atoms with van der Waals surface area (Å²) >= 11 is 0. The van der Waals surface area contributed by atoms with E-state index in [1.165, 1.54) is 0 Å². The summed E-state index contributed by atoms with van der Waals surface area (Å²) in [5.41, 5.74) is 5.12. The van der Waals surface area contributed by atoms with Crippen LogP contribution in [0.1, 0.15) is 33.4 Å². The lowest BCUT2D eigenvalue weighted by atomic mass is 9.88. The van der Waals surface area contributed by atoms with Crippen LogP contribution in [0.25, 0.3) is 10.8 Å². The molecule has 5 aromatic rings. The highest BCUT2D eigenvalue weighted by molar-refractivity contribution is 5.97. The van der Waals surface area contributed by atoms with E-state index in [-0.39, 0.29) is 28.7 Å². The summed E-state index contributed by atoms with van der Waals surface area (Å²) in [6, 6.07) is 26.2. The summed E-state index contributed by atoms with van der Waals surface area (Å²) in [6.45, 7) is 0. The molecule has 5 nitrogen and oxygen atoms in total. The third-order valence-corrected chi connectivity index (χ3v) is 6.50. The van der Waals surface area contributed by atoms with Crippen molar-refractivity contribution in [1.29, 1.82) is 0 Å². The van der Waals surface area contributed by atoms with E-state index in [1.807, 2.05) is 36.4 Å². The number of fused-ring (bicyclic) bond motifs is 1. The zero-order valence-electron chi connectivity index (χ0n) is 19.5. The SMILES string of the molecule is Oc1ccc(Cc2cc(Cc3ccc(O)cc3)c3ccc(O)c(Cc4ccc(O)cc4)c3c2O)cc1. The second kappa shape index (κ2) is 9.55. The van der Waals surface area contributed by atoms with E-state index >= 15 is 0 Å². The molecule has 0 unspecified atom stereocenters.